The molecule has 0 aliphatic rings. The average molecular weight is 327 g/mol. The Kier molecular flexibility index (Phi) is 4.61. The molecule has 2 rings (SSSR count). The molecular formula is C13H13NO5S2. The molecule has 0 spiro atoms. The van der Waals surface area contributed by atoms with E-state index in [1.807, 2.05) is 0 Å². The van der Waals surface area contributed by atoms with E-state index in [4.69, 9.17) is 10.2 Å². The third-order valence-corrected chi connectivity index (χ3v) is 5.13. The molecule has 6 nitrogen and oxygen atoms in total. The number of aliphatic hydroxyl groups is 1. The molecule has 0 saturated heterocycles. The van der Waals surface area contributed by atoms with E-state index in [2.05, 4.69) is 4.72 Å². The molecule has 3 N–H and O–H groups in total. The van der Waals surface area contributed by atoms with Crippen LogP contribution in [0.4, 0.5) is 5.69 Å². The minimum absolute atomic E-state index is 0.0257. The highest BCUT2D eigenvalue weighted by molar-refractivity contribution is 7.92. The number of benzene rings is 1. The minimum Gasteiger partial charge on any atom is -0.477 e. The van der Waals surface area contributed by atoms with Crippen LogP contribution >= 0.6 is 11.3 Å². The van der Waals surface area contributed by atoms with E-state index >= 15 is 0 Å². The molecule has 8 heteroatoms. The Morgan fingerprint density at radius 1 is 1.24 bits per heavy atom. The van der Waals surface area contributed by atoms with Gasteiger partial charge in [0, 0.05) is 17.7 Å². The van der Waals surface area contributed by atoms with Crippen molar-refractivity contribution in [3.63, 3.8) is 0 Å². The predicted octanol–water partition coefficient (Wildman–Crippen LogP) is 1.78. The molecule has 0 atom stereocenters. The summed E-state index contributed by atoms with van der Waals surface area (Å²) >= 11 is 0.858. The molecule has 0 radical (unpaired) electrons. The number of hydrogen-bond acceptors (Lipinski definition) is 5. The Labute approximate surface area is 125 Å². The summed E-state index contributed by atoms with van der Waals surface area (Å²) in [4.78, 5) is 10.7. The van der Waals surface area contributed by atoms with Crippen molar-refractivity contribution in [3.8, 4) is 0 Å². The number of sulfonamides is 1. The van der Waals surface area contributed by atoms with Crippen molar-refractivity contribution >= 4 is 33.0 Å². The summed E-state index contributed by atoms with van der Waals surface area (Å²) in [5.41, 5.74) is 1.27. The zero-order valence-corrected chi connectivity index (χ0v) is 12.4. The van der Waals surface area contributed by atoms with Gasteiger partial charge in [-0.1, -0.05) is 12.1 Å². The first-order valence-corrected chi connectivity index (χ1v) is 8.33. The van der Waals surface area contributed by atoms with Gasteiger partial charge in [-0.05, 0) is 30.2 Å². The van der Waals surface area contributed by atoms with Crippen LogP contribution in [0.3, 0.4) is 0 Å². The highest BCUT2D eigenvalue weighted by Gasteiger charge is 2.18. The van der Waals surface area contributed by atoms with Gasteiger partial charge in [0.1, 0.15) is 4.88 Å². The lowest BCUT2D eigenvalue weighted by Crippen LogP contribution is -2.12. The van der Waals surface area contributed by atoms with Gasteiger partial charge in [0.2, 0.25) is 0 Å². The molecular weight excluding hydrogens is 314 g/mol. The smallest absolute Gasteiger partial charge is 0.345 e. The van der Waals surface area contributed by atoms with Gasteiger partial charge in [-0.2, -0.15) is 0 Å². The molecule has 0 unspecified atom stereocenters. The first-order chi connectivity index (χ1) is 9.92. The van der Waals surface area contributed by atoms with E-state index in [1.165, 1.54) is 5.38 Å². The lowest BCUT2D eigenvalue weighted by atomic mass is 10.1. The fraction of sp³-hybridized carbons (Fsp3) is 0.154. The van der Waals surface area contributed by atoms with Gasteiger partial charge in [-0.3, -0.25) is 4.72 Å². The summed E-state index contributed by atoms with van der Waals surface area (Å²) < 4.78 is 26.6. The molecule has 0 bridgehead atoms. The number of anilines is 1. The molecule has 0 saturated carbocycles. The van der Waals surface area contributed by atoms with Crippen LogP contribution in [0.2, 0.25) is 0 Å². The van der Waals surface area contributed by atoms with E-state index in [0.29, 0.717) is 12.1 Å². The van der Waals surface area contributed by atoms with E-state index in [-0.39, 0.29) is 16.4 Å². The Morgan fingerprint density at radius 3 is 2.43 bits per heavy atom. The van der Waals surface area contributed by atoms with Crippen LogP contribution in [0.5, 0.6) is 0 Å². The highest BCUT2D eigenvalue weighted by Crippen LogP contribution is 2.22. The molecule has 1 heterocycles. The van der Waals surface area contributed by atoms with Crippen LogP contribution in [-0.2, 0) is 16.4 Å². The first kappa shape index (κ1) is 15.5. The normalized spacial score (nSPS) is 11.3. The Bertz CT molecular complexity index is 734. The number of carbonyl (C=O) groups is 1. The van der Waals surface area contributed by atoms with Crippen molar-refractivity contribution in [1.82, 2.24) is 0 Å². The molecule has 0 amide bonds. The van der Waals surface area contributed by atoms with Crippen molar-refractivity contribution in [2.24, 2.45) is 0 Å². The van der Waals surface area contributed by atoms with Crippen LogP contribution < -0.4 is 4.72 Å². The van der Waals surface area contributed by atoms with Gasteiger partial charge in [0.25, 0.3) is 10.0 Å². The Morgan fingerprint density at radius 2 is 1.90 bits per heavy atom. The Hall–Kier alpha value is -1.90. The maximum Gasteiger partial charge on any atom is 0.345 e. The van der Waals surface area contributed by atoms with E-state index in [9.17, 15) is 13.2 Å². The van der Waals surface area contributed by atoms with Gasteiger partial charge >= 0.3 is 5.97 Å². The number of aromatic carboxylic acids is 1. The summed E-state index contributed by atoms with van der Waals surface area (Å²) in [6.45, 7) is 0.0257. The zero-order chi connectivity index (χ0) is 15.5. The molecule has 0 aliphatic carbocycles. The molecule has 1 aromatic carbocycles. The maximum atomic E-state index is 12.1. The van der Waals surface area contributed by atoms with Crippen LogP contribution in [0.15, 0.2) is 40.6 Å². The lowest BCUT2D eigenvalue weighted by molar-refractivity contribution is 0.0702. The van der Waals surface area contributed by atoms with E-state index in [0.717, 1.165) is 23.0 Å². The molecule has 0 fully saturated rings. The van der Waals surface area contributed by atoms with Crippen molar-refractivity contribution in [2.75, 3.05) is 11.3 Å². The predicted molar refractivity (Wildman–Crippen MR) is 79.3 cm³/mol. The van der Waals surface area contributed by atoms with Crippen LogP contribution in [0, 0.1) is 0 Å². The SMILES string of the molecule is O=C(O)c1cc(S(=O)(=O)Nc2ccc(CCO)cc2)cs1. The van der Waals surface area contributed by atoms with Crippen LogP contribution in [0.1, 0.15) is 15.2 Å². The molecule has 21 heavy (non-hydrogen) atoms. The summed E-state index contributed by atoms with van der Waals surface area (Å²) in [6.07, 6.45) is 0.500. The maximum absolute atomic E-state index is 12.1. The first-order valence-electron chi connectivity index (χ1n) is 5.97. The van der Waals surface area contributed by atoms with Gasteiger partial charge in [0.05, 0.1) is 4.90 Å². The van der Waals surface area contributed by atoms with Crippen molar-refractivity contribution in [1.29, 1.82) is 0 Å². The third-order valence-electron chi connectivity index (χ3n) is 2.70. The summed E-state index contributed by atoms with van der Waals surface area (Å²) in [7, 11) is -3.80. The van der Waals surface area contributed by atoms with E-state index in [1.54, 1.807) is 24.3 Å². The minimum atomic E-state index is -3.80. The second-order valence-electron chi connectivity index (χ2n) is 4.23. The summed E-state index contributed by atoms with van der Waals surface area (Å²) in [5.74, 6) is -1.16. The number of thiophene rings is 1. The second kappa shape index (κ2) is 6.25. The molecule has 1 aromatic heterocycles. The second-order valence-corrected chi connectivity index (χ2v) is 6.82. The monoisotopic (exact) mass is 327 g/mol. The largest absolute Gasteiger partial charge is 0.477 e. The number of nitrogens with one attached hydrogen (secondary N) is 1. The Balaban J connectivity index is 2.18. The van der Waals surface area contributed by atoms with Crippen molar-refractivity contribution in [3.05, 3.63) is 46.2 Å². The zero-order valence-electron chi connectivity index (χ0n) is 10.8. The van der Waals surface area contributed by atoms with Gasteiger partial charge < -0.3 is 10.2 Å². The van der Waals surface area contributed by atoms with Crippen molar-refractivity contribution in [2.45, 2.75) is 11.3 Å². The van der Waals surface area contributed by atoms with Gasteiger partial charge in [-0.15, -0.1) is 11.3 Å². The van der Waals surface area contributed by atoms with Gasteiger partial charge in [-0.25, -0.2) is 13.2 Å². The number of rotatable bonds is 6. The standard InChI is InChI=1S/C13H13NO5S2/c15-6-5-9-1-3-10(4-2-9)14-21(18,19)11-7-12(13(16)17)20-8-11/h1-4,7-8,14-15H,5-6H2,(H,16,17). The fourth-order valence-corrected chi connectivity index (χ4v) is 3.82. The topological polar surface area (TPSA) is 104 Å². The molecule has 112 valence electrons. The number of carboxylic acids is 1. The number of carboxylic acid groups (broad SMARTS) is 1. The average Bonchev–Trinajstić information content (AvgIpc) is 2.92. The summed E-state index contributed by atoms with van der Waals surface area (Å²) in [6, 6.07) is 7.73. The van der Waals surface area contributed by atoms with Crippen LogP contribution in [0.25, 0.3) is 0 Å². The highest BCUT2D eigenvalue weighted by atomic mass is 32.2. The summed E-state index contributed by atoms with van der Waals surface area (Å²) in [5, 5.41) is 18.9. The quantitative estimate of drug-likeness (QED) is 0.750. The molecule has 0 aliphatic heterocycles. The van der Waals surface area contributed by atoms with Gasteiger partial charge in [0.15, 0.2) is 0 Å². The number of hydrogen-bond donors (Lipinski definition) is 3. The number of aliphatic hydroxyl groups excluding tert-OH is 1. The van der Waals surface area contributed by atoms with Crippen molar-refractivity contribution < 1.29 is 23.4 Å². The van der Waals surface area contributed by atoms with E-state index < -0.39 is 16.0 Å². The third kappa shape index (κ3) is 3.81. The van der Waals surface area contributed by atoms with Crippen LogP contribution in [-0.4, -0.2) is 31.2 Å². The lowest BCUT2D eigenvalue weighted by Gasteiger charge is -2.07. The fourth-order valence-electron chi connectivity index (χ4n) is 1.65. The molecule has 2 aromatic rings.